The van der Waals surface area contributed by atoms with Crippen LogP contribution < -0.4 is 10.9 Å². The molecular weight excluding hydrogens is 282 g/mol. The summed E-state index contributed by atoms with van der Waals surface area (Å²) in [6.07, 6.45) is 1.74. The number of carbonyl (C=O) groups is 1. The van der Waals surface area contributed by atoms with Gasteiger partial charge in [-0.15, -0.1) is 0 Å². The summed E-state index contributed by atoms with van der Waals surface area (Å²) in [6, 6.07) is 7.18. The average Bonchev–Trinajstić information content (AvgIpc) is 3.04. The third kappa shape index (κ3) is 3.51. The Labute approximate surface area is 127 Å². The molecule has 6 heteroatoms. The van der Waals surface area contributed by atoms with E-state index in [0.29, 0.717) is 42.0 Å². The fourth-order valence-corrected chi connectivity index (χ4v) is 2.58. The van der Waals surface area contributed by atoms with Gasteiger partial charge in [0.25, 0.3) is 5.56 Å². The highest BCUT2D eigenvalue weighted by molar-refractivity contribution is 5.78. The van der Waals surface area contributed by atoms with Crippen LogP contribution in [0.3, 0.4) is 0 Å². The number of para-hydroxylation sites is 1. The predicted octanol–water partition coefficient (Wildman–Crippen LogP) is 1.01. The normalized spacial score (nSPS) is 17.7. The smallest absolute Gasteiger partial charge is 0.258 e. The summed E-state index contributed by atoms with van der Waals surface area (Å²) in [5.41, 5.74) is 0.494. The summed E-state index contributed by atoms with van der Waals surface area (Å²) in [5, 5.41) is 3.47. The van der Waals surface area contributed by atoms with Gasteiger partial charge in [0.05, 0.1) is 17.5 Å². The maximum absolute atomic E-state index is 11.9. The molecule has 6 nitrogen and oxygen atoms in total. The first kappa shape index (κ1) is 14.7. The maximum atomic E-state index is 11.9. The minimum atomic E-state index is -0.163. The van der Waals surface area contributed by atoms with Crippen LogP contribution in [0.15, 0.2) is 29.1 Å². The second-order valence-electron chi connectivity index (χ2n) is 5.56. The molecule has 0 radical (unpaired) electrons. The predicted molar refractivity (Wildman–Crippen MR) is 82.6 cm³/mol. The largest absolute Gasteiger partial charge is 0.381 e. The Morgan fingerprint density at radius 3 is 3.09 bits per heavy atom. The molecular formula is C16H19N3O3. The number of nitrogens with one attached hydrogen (secondary N) is 2. The van der Waals surface area contributed by atoms with Crippen LogP contribution in [-0.4, -0.2) is 35.6 Å². The van der Waals surface area contributed by atoms with Crippen LogP contribution in [0.25, 0.3) is 10.9 Å². The molecule has 1 aromatic heterocycles. The number of ether oxygens (including phenoxy) is 1. The molecule has 0 aliphatic carbocycles. The summed E-state index contributed by atoms with van der Waals surface area (Å²) in [7, 11) is 0. The van der Waals surface area contributed by atoms with Gasteiger partial charge in [0.15, 0.2) is 0 Å². The van der Waals surface area contributed by atoms with Crippen LogP contribution in [0.4, 0.5) is 0 Å². The molecule has 1 aromatic carbocycles. The number of H-pyrrole nitrogens is 1. The van der Waals surface area contributed by atoms with Crippen molar-refractivity contribution in [2.45, 2.75) is 19.3 Å². The van der Waals surface area contributed by atoms with Gasteiger partial charge in [-0.05, 0) is 18.6 Å². The Hall–Kier alpha value is -2.21. The van der Waals surface area contributed by atoms with Gasteiger partial charge in [-0.3, -0.25) is 9.59 Å². The monoisotopic (exact) mass is 301 g/mol. The van der Waals surface area contributed by atoms with E-state index in [1.807, 2.05) is 6.07 Å². The van der Waals surface area contributed by atoms with Crippen molar-refractivity contribution >= 4 is 16.8 Å². The number of hydrogen-bond acceptors (Lipinski definition) is 4. The van der Waals surface area contributed by atoms with Crippen LogP contribution in [0, 0.1) is 5.92 Å². The van der Waals surface area contributed by atoms with Crippen LogP contribution in [0.1, 0.15) is 18.7 Å². The molecule has 1 fully saturated rings. The molecule has 1 atom stereocenters. The first-order valence-electron chi connectivity index (χ1n) is 7.55. The van der Waals surface area contributed by atoms with Gasteiger partial charge >= 0.3 is 0 Å². The number of aryl methyl sites for hydroxylation is 1. The zero-order valence-corrected chi connectivity index (χ0v) is 12.3. The number of rotatable bonds is 5. The molecule has 3 rings (SSSR count). The topological polar surface area (TPSA) is 84.1 Å². The number of benzene rings is 1. The fraction of sp³-hybridized carbons (Fsp3) is 0.438. The van der Waals surface area contributed by atoms with Crippen molar-refractivity contribution in [2.24, 2.45) is 5.92 Å². The first-order chi connectivity index (χ1) is 10.7. The summed E-state index contributed by atoms with van der Waals surface area (Å²) < 4.78 is 5.27. The van der Waals surface area contributed by atoms with Crippen molar-refractivity contribution < 1.29 is 9.53 Å². The number of fused-ring (bicyclic) bond motifs is 1. The highest BCUT2D eigenvalue weighted by Gasteiger charge is 2.16. The van der Waals surface area contributed by atoms with Crippen molar-refractivity contribution in [3.8, 4) is 0 Å². The molecule has 0 spiro atoms. The minimum Gasteiger partial charge on any atom is -0.381 e. The van der Waals surface area contributed by atoms with Gasteiger partial charge in [0, 0.05) is 31.9 Å². The maximum Gasteiger partial charge on any atom is 0.258 e. The summed E-state index contributed by atoms with van der Waals surface area (Å²) in [5.74, 6) is 0.938. The molecule has 1 aliphatic rings. The number of aromatic amines is 1. The Kier molecular flexibility index (Phi) is 4.48. The third-order valence-corrected chi connectivity index (χ3v) is 3.86. The molecule has 0 unspecified atom stereocenters. The van der Waals surface area contributed by atoms with Crippen molar-refractivity contribution in [1.29, 1.82) is 0 Å². The Morgan fingerprint density at radius 2 is 2.27 bits per heavy atom. The van der Waals surface area contributed by atoms with Gasteiger partial charge < -0.3 is 15.0 Å². The zero-order valence-electron chi connectivity index (χ0n) is 12.3. The number of aromatic nitrogens is 2. The van der Waals surface area contributed by atoms with Gasteiger partial charge in [-0.2, -0.15) is 0 Å². The minimum absolute atomic E-state index is 0.0253. The summed E-state index contributed by atoms with van der Waals surface area (Å²) in [6.45, 7) is 2.16. The molecule has 0 saturated carbocycles. The van der Waals surface area contributed by atoms with Crippen molar-refractivity contribution in [2.75, 3.05) is 19.8 Å². The quantitative estimate of drug-likeness (QED) is 0.863. The molecule has 2 aromatic rings. The second-order valence-corrected chi connectivity index (χ2v) is 5.56. The molecule has 1 aliphatic heterocycles. The Morgan fingerprint density at radius 1 is 1.41 bits per heavy atom. The molecule has 1 saturated heterocycles. The Balaban J connectivity index is 1.56. The number of carbonyl (C=O) groups excluding carboxylic acids is 1. The standard InChI is InChI=1S/C16H19N3O3/c20-15(17-9-11-7-8-22-10-11)6-5-14-18-13-4-2-1-3-12(13)16(21)19-14/h1-4,11H,5-10H2,(H,17,20)(H,18,19,21)/t11-/m0/s1. The highest BCUT2D eigenvalue weighted by atomic mass is 16.5. The van der Waals surface area contributed by atoms with Gasteiger partial charge in [-0.1, -0.05) is 12.1 Å². The van der Waals surface area contributed by atoms with E-state index in [2.05, 4.69) is 15.3 Å². The third-order valence-electron chi connectivity index (χ3n) is 3.86. The van der Waals surface area contributed by atoms with Gasteiger partial charge in [-0.25, -0.2) is 4.98 Å². The lowest BCUT2D eigenvalue weighted by atomic mass is 10.1. The average molecular weight is 301 g/mol. The molecule has 2 N–H and O–H groups in total. The zero-order chi connectivity index (χ0) is 15.4. The lowest BCUT2D eigenvalue weighted by Crippen LogP contribution is -2.29. The number of hydrogen-bond donors (Lipinski definition) is 2. The molecule has 116 valence electrons. The summed E-state index contributed by atoms with van der Waals surface area (Å²) in [4.78, 5) is 30.9. The molecule has 2 heterocycles. The Bertz CT molecular complexity index is 720. The lowest BCUT2D eigenvalue weighted by Gasteiger charge is -2.09. The molecule has 1 amide bonds. The van der Waals surface area contributed by atoms with E-state index in [-0.39, 0.29) is 11.5 Å². The van der Waals surface area contributed by atoms with E-state index in [4.69, 9.17) is 4.74 Å². The van der Waals surface area contributed by atoms with E-state index in [1.165, 1.54) is 0 Å². The van der Waals surface area contributed by atoms with Crippen LogP contribution in [0.2, 0.25) is 0 Å². The first-order valence-corrected chi connectivity index (χ1v) is 7.55. The van der Waals surface area contributed by atoms with Gasteiger partial charge in [0.2, 0.25) is 5.91 Å². The second kappa shape index (κ2) is 6.70. The molecule has 0 bridgehead atoms. The SMILES string of the molecule is O=C(CCc1nc2ccccc2c(=O)[nH]1)NC[C@@H]1CCOC1. The van der Waals surface area contributed by atoms with Gasteiger partial charge in [0.1, 0.15) is 5.82 Å². The van der Waals surface area contributed by atoms with Crippen molar-refractivity contribution in [3.63, 3.8) is 0 Å². The van der Waals surface area contributed by atoms with Crippen LogP contribution in [0.5, 0.6) is 0 Å². The van der Waals surface area contributed by atoms with Crippen LogP contribution in [-0.2, 0) is 16.0 Å². The van der Waals surface area contributed by atoms with E-state index >= 15 is 0 Å². The van der Waals surface area contributed by atoms with E-state index in [1.54, 1.807) is 18.2 Å². The van der Waals surface area contributed by atoms with E-state index < -0.39 is 0 Å². The summed E-state index contributed by atoms with van der Waals surface area (Å²) >= 11 is 0. The van der Waals surface area contributed by atoms with E-state index in [0.717, 1.165) is 19.6 Å². The number of nitrogens with zero attached hydrogens (tertiary/aromatic N) is 1. The van der Waals surface area contributed by atoms with Crippen molar-refractivity contribution in [3.05, 3.63) is 40.4 Å². The highest BCUT2D eigenvalue weighted by Crippen LogP contribution is 2.11. The molecule has 22 heavy (non-hydrogen) atoms. The van der Waals surface area contributed by atoms with Crippen LogP contribution >= 0.6 is 0 Å². The lowest BCUT2D eigenvalue weighted by molar-refractivity contribution is -0.121. The van der Waals surface area contributed by atoms with Crippen molar-refractivity contribution in [1.82, 2.24) is 15.3 Å². The van der Waals surface area contributed by atoms with E-state index in [9.17, 15) is 9.59 Å². The number of amides is 1. The fourth-order valence-electron chi connectivity index (χ4n) is 2.58.